The quantitative estimate of drug-likeness (QED) is 0.209. The second-order valence-corrected chi connectivity index (χ2v) is 10.9. The first-order chi connectivity index (χ1) is 18.7. The fraction of sp³-hybridized carbons (Fsp3) is 0.200. The molecule has 7 nitrogen and oxygen atoms in total. The summed E-state index contributed by atoms with van der Waals surface area (Å²) in [7, 11) is 0. The van der Waals surface area contributed by atoms with E-state index in [0.717, 1.165) is 60.8 Å². The molecule has 38 heavy (non-hydrogen) atoms. The van der Waals surface area contributed by atoms with Crippen LogP contribution in [0.4, 0.5) is 5.69 Å². The van der Waals surface area contributed by atoms with Crippen molar-refractivity contribution in [3.8, 4) is 33.1 Å². The van der Waals surface area contributed by atoms with Crippen LogP contribution < -0.4 is 5.32 Å². The molecule has 0 bridgehead atoms. The average molecular weight is 518 g/mol. The Kier molecular flexibility index (Phi) is 5.74. The second kappa shape index (κ2) is 9.54. The van der Waals surface area contributed by atoms with Crippen LogP contribution in [0.15, 0.2) is 78.8 Å². The number of thiophene rings is 1. The predicted octanol–water partition coefficient (Wildman–Crippen LogP) is 7.80. The SMILES string of the molecule is C=C(Nc1cncc(-c2cnc3n[nH]c(-c4cc5c(-c6cccs6)nccc5[nH]4)c3c2)c1)C1CCCCC1. The predicted molar refractivity (Wildman–Crippen MR) is 155 cm³/mol. The molecule has 1 fully saturated rings. The topological polar surface area (TPSA) is 95.2 Å². The summed E-state index contributed by atoms with van der Waals surface area (Å²) in [5.74, 6) is 0.533. The molecule has 6 aromatic rings. The number of aromatic nitrogens is 6. The van der Waals surface area contributed by atoms with Gasteiger partial charge in [0.25, 0.3) is 0 Å². The summed E-state index contributed by atoms with van der Waals surface area (Å²) in [5, 5.41) is 15.3. The van der Waals surface area contributed by atoms with Gasteiger partial charge < -0.3 is 10.3 Å². The lowest BCUT2D eigenvalue weighted by atomic mass is 9.87. The molecule has 0 aromatic carbocycles. The Bertz CT molecular complexity index is 1760. The van der Waals surface area contributed by atoms with Gasteiger partial charge >= 0.3 is 0 Å². The number of aromatic amines is 2. The van der Waals surface area contributed by atoms with Crippen LogP contribution in [0.3, 0.4) is 0 Å². The normalized spacial score (nSPS) is 14.3. The zero-order valence-corrected chi connectivity index (χ0v) is 21.7. The van der Waals surface area contributed by atoms with Crippen LogP contribution in [0.2, 0.25) is 0 Å². The van der Waals surface area contributed by atoms with Crippen LogP contribution in [0.5, 0.6) is 0 Å². The fourth-order valence-corrected chi connectivity index (χ4v) is 6.20. The summed E-state index contributed by atoms with van der Waals surface area (Å²) in [6.07, 6.45) is 13.7. The van der Waals surface area contributed by atoms with Crippen molar-refractivity contribution in [2.45, 2.75) is 32.1 Å². The number of pyridine rings is 3. The van der Waals surface area contributed by atoms with Crippen molar-refractivity contribution < 1.29 is 0 Å². The number of nitrogens with zero attached hydrogens (tertiary/aromatic N) is 4. The molecule has 0 unspecified atom stereocenters. The molecule has 188 valence electrons. The van der Waals surface area contributed by atoms with Crippen molar-refractivity contribution in [1.29, 1.82) is 0 Å². The van der Waals surface area contributed by atoms with Crippen LogP contribution in [0, 0.1) is 5.92 Å². The largest absolute Gasteiger partial charge is 0.358 e. The van der Waals surface area contributed by atoms with Gasteiger partial charge in [-0.3, -0.25) is 15.1 Å². The van der Waals surface area contributed by atoms with E-state index in [2.05, 4.69) is 77.7 Å². The molecule has 0 saturated heterocycles. The molecule has 3 N–H and O–H groups in total. The summed E-state index contributed by atoms with van der Waals surface area (Å²) in [5.41, 5.74) is 8.55. The van der Waals surface area contributed by atoms with Gasteiger partial charge in [-0.15, -0.1) is 11.3 Å². The lowest BCUT2D eigenvalue weighted by Crippen LogP contribution is -2.14. The van der Waals surface area contributed by atoms with Gasteiger partial charge in [-0.05, 0) is 54.5 Å². The van der Waals surface area contributed by atoms with E-state index >= 15 is 0 Å². The highest BCUT2D eigenvalue weighted by molar-refractivity contribution is 7.13. The first kappa shape index (κ1) is 22.9. The smallest absolute Gasteiger partial charge is 0.181 e. The second-order valence-electron chi connectivity index (χ2n) is 9.92. The van der Waals surface area contributed by atoms with Crippen molar-refractivity contribution in [1.82, 2.24) is 30.1 Å². The molecule has 1 saturated carbocycles. The molecule has 6 heterocycles. The molecule has 0 aliphatic heterocycles. The molecule has 1 aliphatic rings. The molecular formula is C30H27N7S. The minimum atomic E-state index is 0.533. The molecule has 0 radical (unpaired) electrons. The maximum absolute atomic E-state index is 4.65. The Morgan fingerprint density at radius 3 is 2.74 bits per heavy atom. The van der Waals surface area contributed by atoms with Crippen molar-refractivity contribution >= 4 is 39.0 Å². The van der Waals surface area contributed by atoms with Gasteiger partial charge in [-0.25, -0.2) is 4.98 Å². The maximum Gasteiger partial charge on any atom is 0.181 e. The van der Waals surface area contributed by atoms with Crippen molar-refractivity contribution in [3.05, 3.63) is 78.8 Å². The van der Waals surface area contributed by atoms with E-state index in [4.69, 9.17) is 0 Å². The molecule has 8 heteroatoms. The first-order valence-corrected chi connectivity index (χ1v) is 13.9. The number of anilines is 1. The van der Waals surface area contributed by atoms with Crippen LogP contribution in [-0.4, -0.2) is 30.1 Å². The number of nitrogens with one attached hydrogen (secondary N) is 3. The lowest BCUT2D eigenvalue weighted by molar-refractivity contribution is 0.405. The monoisotopic (exact) mass is 517 g/mol. The number of allylic oxidation sites excluding steroid dienone is 1. The molecular weight excluding hydrogens is 490 g/mol. The molecule has 0 amide bonds. The number of H-pyrrole nitrogens is 2. The molecule has 6 aromatic heterocycles. The van der Waals surface area contributed by atoms with Crippen LogP contribution in [0.25, 0.3) is 55.0 Å². The Morgan fingerprint density at radius 1 is 0.974 bits per heavy atom. The Labute approximate surface area is 224 Å². The van der Waals surface area contributed by atoms with E-state index in [9.17, 15) is 0 Å². The van der Waals surface area contributed by atoms with E-state index in [-0.39, 0.29) is 0 Å². The standard InChI is InChI=1S/C30H27N7S/c1-18(19-6-3-2-4-7-19)34-22-12-20(15-31-17-22)21-13-24-28(36-37-30(24)33-16-21)26-14-23-25(35-26)9-10-32-29(23)27-8-5-11-38-27/h5,8-17,19,34-35H,1-4,6-7H2,(H,33,36,37). The molecule has 0 spiro atoms. The highest BCUT2D eigenvalue weighted by Crippen LogP contribution is 2.35. The number of hydrogen-bond acceptors (Lipinski definition) is 6. The first-order valence-electron chi connectivity index (χ1n) is 13.0. The van der Waals surface area contributed by atoms with Gasteiger partial charge in [0.1, 0.15) is 0 Å². The van der Waals surface area contributed by atoms with E-state index in [1.54, 1.807) is 11.3 Å². The van der Waals surface area contributed by atoms with Gasteiger partial charge in [0.15, 0.2) is 5.65 Å². The zero-order chi connectivity index (χ0) is 25.5. The van der Waals surface area contributed by atoms with Crippen molar-refractivity contribution in [2.75, 3.05) is 5.32 Å². The van der Waals surface area contributed by atoms with Gasteiger partial charge in [0, 0.05) is 51.7 Å². The van der Waals surface area contributed by atoms with Crippen LogP contribution >= 0.6 is 11.3 Å². The minimum absolute atomic E-state index is 0.533. The average Bonchev–Trinajstić information content (AvgIpc) is 3.73. The van der Waals surface area contributed by atoms with Crippen LogP contribution in [-0.2, 0) is 0 Å². The fourth-order valence-electron chi connectivity index (χ4n) is 5.47. The van der Waals surface area contributed by atoms with E-state index in [0.29, 0.717) is 11.6 Å². The third-order valence-electron chi connectivity index (χ3n) is 7.46. The van der Waals surface area contributed by atoms with Gasteiger partial charge in [-0.1, -0.05) is 31.9 Å². The van der Waals surface area contributed by atoms with E-state index in [1.807, 2.05) is 30.9 Å². The summed E-state index contributed by atoms with van der Waals surface area (Å²) in [6.45, 7) is 4.32. The van der Waals surface area contributed by atoms with Gasteiger partial charge in [-0.2, -0.15) is 5.10 Å². The lowest BCUT2D eigenvalue weighted by Gasteiger charge is -2.24. The highest BCUT2D eigenvalue weighted by Gasteiger charge is 2.18. The van der Waals surface area contributed by atoms with Gasteiger partial charge in [0.05, 0.1) is 33.8 Å². The summed E-state index contributed by atoms with van der Waals surface area (Å²) < 4.78 is 0. The van der Waals surface area contributed by atoms with Gasteiger partial charge in [0.2, 0.25) is 0 Å². The Hall–Kier alpha value is -4.30. The number of fused-ring (bicyclic) bond motifs is 2. The third kappa shape index (κ3) is 4.16. The molecule has 1 aliphatic carbocycles. The maximum atomic E-state index is 4.65. The van der Waals surface area contributed by atoms with Crippen molar-refractivity contribution in [2.24, 2.45) is 5.92 Å². The molecule has 7 rings (SSSR count). The molecule has 0 atom stereocenters. The number of rotatable bonds is 6. The van der Waals surface area contributed by atoms with E-state index in [1.165, 1.54) is 32.1 Å². The number of hydrogen-bond donors (Lipinski definition) is 3. The van der Waals surface area contributed by atoms with Crippen molar-refractivity contribution in [3.63, 3.8) is 0 Å². The zero-order valence-electron chi connectivity index (χ0n) is 20.9. The summed E-state index contributed by atoms with van der Waals surface area (Å²) in [4.78, 5) is 18.5. The highest BCUT2D eigenvalue weighted by atomic mass is 32.1. The van der Waals surface area contributed by atoms with Crippen LogP contribution in [0.1, 0.15) is 32.1 Å². The van der Waals surface area contributed by atoms with E-state index < -0.39 is 0 Å². The summed E-state index contributed by atoms with van der Waals surface area (Å²) in [6, 6.07) is 12.5. The Morgan fingerprint density at radius 2 is 1.87 bits per heavy atom. The minimum Gasteiger partial charge on any atom is -0.358 e. The Balaban J connectivity index is 1.23. The third-order valence-corrected chi connectivity index (χ3v) is 8.33. The summed E-state index contributed by atoms with van der Waals surface area (Å²) >= 11 is 1.69.